The first-order valence-electron chi connectivity index (χ1n) is 9.49. The van der Waals surface area contributed by atoms with Crippen molar-refractivity contribution in [2.75, 3.05) is 19.6 Å². The summed E-state index contributed by atoms with van der Waals surface area (Å²) in [4.78, 5) is 28.1. The van der Waals surface area contributed by atoms with Gasteiger partial charge in [0.25, 0.3) is 0 Å². The third-order valence-corrected chi connectivity index (χ3v) is 6.25. The Morgan fingerprint density at radius 3 is 2.54 bits per heavy atom. The number of rotatable bonds is 4. The second-order valence-electron chi connectivity index (χ2n) is 8.23. The molecule has 1 saturated carbocycles. The van der Waals surface area contributed by atoms with Gasteiger partial charge in [-0.15, -0.1) is 0 Å². The van der Waals surface area contributed by atoms with E-state index in [9.17, 15) is 19.8 Å². The molecule has 1 spiro atoms. The van der Waals surface area contributed by atoms with E-state index in [0.717, 1.165) is 50.9 Å². The van der Waals surface area contributed by atoms with Gasteiger partial charge in [0.1, 0.15) is 11.8 Å². The second-order valence-corrected chi connectivity index (χ2v) is 8.23. The molecule has 4 rings (SSSR count). The van der Waals surface area contributed by atoms with Crippen LogP contribution in [0.15, 0.2) is 24.3 Å². The number of hydrogen-bond donors (Lipinski definition) is 2. The number of phenols is 1. The van der Waals surface area contributed by atoms with Gasteiger partial charge >= 0.3 is 5.97 Å². The van der Waals surface area contributed by atoms with Crippen molar-refractivity contribution in [3.8, 4) is 5.75 Å². The average Bonchev–Trinajstić information content (AvgIpc) is 3.39. The number of phenolic OH excluding ortho intramolecular Hbond substituents is 1. The molecule has 0 aromatic heterocycles. The summed E-state index contributed by atoms with van der Waals surface area (Å²) in [6.07, 6.45) is 4.46. The van der Waals surface area contributed by atoms with Gasteiger partial charge in [-0.25, -0.2) is 0 Å². The quantitative estimate of drug-likeness (QED) is 0.861. The Labute approximate surface area is 153 Å². The number of hydrogen-bond acceptors (Lipinski definition) is 4. The Morgan fingerprint density at radius 2 is 1.92 bits per heavy atom. The molecule has 3 fully saturated rings. The van der Waals surface area contributed by atoms with Crippen molar-refractivity contribution in [3.63, 3.8) is 0 Å². The first-order chi connectivity index (χ1) is 12.5. The number of aromatic hydroxyl groups is 1. The Hall–Kier alpha value is -2.08. The molecule has 6 heteroatoms. The molecule has 1 amide bonds. The van der Waals surface area contributed by atoms with E-state index in [1.165, 1.54) is 0 Å². The molecule has 2 saturated heterocycles. The molecule has 1 aromatic carbocycles. The van der Waals surface area contributed by atoms with Crippen LogP contribution in [0.25, 0.3) is 0 Å². The van der Waals surface area contributed by atoms with Crippen LogP contribution in [-0.4, -0.2) is 57.6 Å². The molecule has 2 heterocycles. The minimum atomic E-state index is -0.779. The van der Waals surface area contributed by atoms with Crippen molar-refractivity contribution < 1.29 is 19.8 Å². The fraction of sp³-hybridized carbons (Fsp3) is 0.600. The third kappa shape index (κ3) is 3.43. The van der Waals surface area contributed by atoms with Gasteiger partial charge in [-0.2, -0.15) is 0 Å². The molecule has 2 aliphatic heterocycles. The highest BCUT2D eigenvalue weighted by Crippen LogP contribution is 2.45. The standard InChI is InChI=1S/C20H26N2O4/c23-16-3-1-2-14(10-16)12-22-13-20(11-17(22)19(25)26)6-8-21(9-7-20)18(24)15-4-5-15/h1-3,10,15,17,23H,4-9,11-13H2,(H,25,26)/t17-/m1/s1. The monoisotopic (exact) mass is 358 g/mol. The lowest BCUT2D eigenvalue weighted by Gasteiger charge is -2.39. The van der Waals surface area contributed by atoms with Crippen LogP contribution in [0, 0.1) is 11.3 Å². The predicted octanol–water partition coefficient (Wildman–Crippen LogP) is 2.07. The van der Waals surface area contributed by atoms with Crippen molar-refractivity contribution in [1.29, 1.82) is 0 Å². The maximum Gasteiger partial charge on any atom is 0.320 e. The molecule has 26 heavy (non-hydrogen) atoms. The largest absolute Gasteiger partial charge is 0.508 e. The molecular formula is C20H26N2O4. The molecule has 1 aromatic rings. The molecule has 0 unspecified atom stereocenters. The highest BCUT2D eigenvalue weighted by molar-refractivity contribution is 5.81. The summed E-state index contributed by atoms with van der Waals surface area (Å²) in [7, 11) is 0. The first-order valence-corrected chi connectivity index (χ1v) is 9.49. The lowest BCUT2D eigenvalue weighted by atomic mass is 9.76. The number of likely N-dealkylation sites (tertiary alicyclic amines) is 2. The van der Waals surface area contributed by atoms with E-state index < -0.39 is 12.0 Å². The molecule has 1 atom stereocenters. The predicted molar refractivity (Wildman–Crippen MR) is 95.5 cm³/mol. The number of amides is 1. The van der Waals surface area contributed by atoms with Crippen LogP contribution in [-0.2, 0) is 16.1 Å². The molecular weight excluding hydrogens is 332 g/mol. The number of carboxylic acid groups (broad SMARTS) is 1. The number of benzene rings is 1. The van der Waals surface area contributed by atoms with Crippen molar-refractivity contribution in [2.45, 2.75) is 44.7 Å². The van der Waals surface area contributed by atoms with Crippen molar-refractivity contribution >= 4 is 11.9 Å². The van der Waals surface area contributed by atoms with Gasteiger partial charge in [0.15, 0.2) is 0 Å². The van der Waals surface area contributed by atoms with Crippen LogP contribution in [0.4, 0.5) is 0 Å². The van der Waals surface area contributed by atoms with E-state index in [0.29, 0.717) is 18.9 Å². The van der Waals surface area contributed by atoms with Crippen LogP contribution < -0.4 is 0 Å². The zero-order valence-electron chi connectivity index (χ0n) is 14.9. The van der Waals surface area contributed by atoms with Gasteiger partial charge in [0.2, 0.25) is 5.91 Å². The van der Waals surface area contributed by atoms with E-state index >= 15 is 0 Å². The van der Waals surface area contributed by atoms with Crippen LogP contribution >= 0.6 is 0 Å². The number of nitrogens with zero attached hydrogens (tertiary/aromatic N) is 2. The van der Waals surface area contributed by atoms with Crippen molar-refractivity contribution in [3.05, 3.63) is 29.8 Å². The third-order valence-electron chi connectivity index (χ3n) is 6.25. The summed E-state index contributed by atoms with van der Waals surface area (Å²) in [6.45, 7) is 2.77. The SMILES string of the molecule is O=C(O)[C@H]1CC2(CCN(C(=O)C3CC3)CC2)CN1Cc1cccc(O)c1. The van der Waals surface area contributed by atoms with Crippen molar-refractivity contribution in [2.24, 2.45) is 11.3 Å². The lowest BCUT2D eigenvalue weighted by Crippen LogP contribution is -2.44. The fourth-order valence-corrected chi connectivity index (χ4v) is 4.60. The van der Waals surface area contributed by atoms with Gasteiger partial charge in [-0.1, -0.05) is 12.1 Å². The van der Waals surface area contributed by atoms with Gasteiger partial charge in [0, 0.05) is 32.1 Å². The van der Waals surface area contributed by atoms with Crippen molar-refractivity contribution in [1.82, 2.24) is 9.80 Å². The topological polar surface area (TPSA) is 81.1 Å². The van der Waals surface area contributed by atoms with Crippen LogP contribution in [0.3, 0.4) is 0 Å². The average molecular weight is 358 g/mol. The molecule has 140 valence electrons. The number of aliphatic carboxylic acids is 1. The second kappa shape index (κ2) is 6.58. The smallest absolute Gasteiger partial charge is 0.320 e. The highest BCUT2D eigenvalue weighted by Gasteiger charge is 2.49. The van der Waals surface area contributed by atoms with Crippen LogP contribution in [0.1, 0.15) is 37.7 Å². The highest BCUT2D eigenvalue weighted by atomic mass is 16.4. The summed E-state index contributed by atoms with van der Waals surface area (Å²) < 4.78 is 0. The molecule has 6 nitrogen and oxygen atoms in total. The molecule has 0 bridgehead atoms. The molecule has 0 radical (unpaired) electrons. The zero-order chi connectivity index (χ0) is 18.3. The summed E-state index contributed by atoms with van der Waals surface area (Å²) in [5, 5.41) is 19.4. The summed E-state index contributed by atoms with van der Waals surface area (Å²) in [5.74, 6) is -0.0282. The normalized spacial score (nSPS) is 25.5. The maximum absolute atomic E-state index is 12.3. The van der Waals surface area contributed by atoms with E-state index in [4.69, 9.17) is 0 Å². The summed E-state index contributed by atoms with van der Waals surface area (Å²) in [6, 6.07) is 6.52. The Morgan fingerprint density at radius 1 is 1.19 bits per heavy atom. The maximum atomic E-state index is 12.3. The Bertz CT molecular complexity index is 708. The van der Waals surface area contributed by atoms with Gasteiger partial charge < -0.3 is 15.1 Å². The van der Waals surface area contributed by atoms with E-state index in [2.05, 4.69) is 0 Å². The minimum Gasteiger partial charge on any atom is -0.508 e. The van der Waals surface area contributed by atoms with E-state index in [1.807, 2.05) is 15.9 Å². The zero-order valence-corrected chi connectivity index (χ0v) is 14.9. The molecule has 3 aliphatic rings. The Kier molecular flexibility index (Phi) is 4.39. The lowest BCUT2D eigenvalue weighted by molar-refractivity contribution is -0.142. The van der Waals surface area contributed by atoms with E-state index in [-0.39, 0.29) is 17.1 Å². The van der Waals surface area contributed by atoms with Gasteiger partial charge in [-0.05, 0) is 55.2 Å². The molecule has 2 N–H and O–H groups in total. The van der Waals surface area contributed by atoms with Crippen LogP contribution in [0.5, 0.6) is 5.75 Å². The van der Waals surface area contributed by atoms with Crippen LogP contribution in [0.2, 0.25) is 0 Å². The minimum absolute atomic E-state index is 0.0137. The summed E-state index contributed by atoms with van der Waals surface area (Å²) >= 11 is 0. The fourth-order valence-electron chi connectivity index (χ4n) is 4.60. The summed E-state index contributed by atoms with van der Waals surface area (Å²) in [5.41, 5.74) is 0.912. The Balaban J connectivity index is 1.44. The van der Waals surface area contributed by atoms with Gasteiger partial charge in [0.05, 0.1) is 0 Å². The number of piperidine rings is 1. The first kappa shape index (κ1) is 17.3. The van der Waals surface area contributed by atoms with E-state index in [1.54, 1.807) is 18.2 Å². The number of carbonyl (C=O) groups is 2. The number of carbonyl (C=O) groups excluding carboxylic acids is 1. The molecule has 1 aliphatic carbocycles. The van der Waals surface area contributed by atoms with Gasteiger partial charge in [-0.3, -0.25) is 14.5 Å². The number of carboxylic acids is 1.